The second-order valence-electron chi connectivity index (χ2n) is 9.23. The van der Waals surface area contributed by atoms with Gasteiger partial charge in [0.15, 0.2) is 0 Å². The highest BCUT2D eigenvalue weighted by molar-refractivity contribution is 5.98. The van der Waals surface area contributed by atoms with Gasteiger partial charge in [-0.05, 0) is 75.3 Å². The Kier molecular flexibility index (Phi) is 4.85. The van der Waals surface area contributed by atoms with Crippen LogP contribution < -0.4 is 0 Å². The minimum Gasteiger partial charge on any atom is -0.335 e. The number of rotatable bonds is 2. The number of carbonyl (C=O) groups excluding carboxylic acids is 2. The minimum atomic E-state index is 0.0173. The third kappa shape index (κ3) is 3.13. The van der Waals surface area contributed by atoms with Crippen molar-refractivity contribution in [2.24, 2.45) is 11.8 Å². The van der Waals surface area contributed by atoms with Crippen molar-refractivity contribution in [3.8, 4) is 0 Å². The van der Waals surface area contributed by atoms with Crippen molar-refractivity contribution in [2.75, 3.05) is 13.1 Å². The molecule has 2 saturated heterocycles. The summed E-state index contributed by atoms with van der Waals surface area (Å²) < 4.78 is 0. The summed E-state index contributed by atoms with van der Waals surface area (Å²) in [5.41, 5.74) is 1.07. The van der Waals surface area contributed by atoms with Crippen molar-refractivity contribution in [1.29, 1.82) is 0 Å². The quantitative estimate of drug-likeness (QED) is 0.781. The molecule has 2 saturated carbocycles. The first-order valence-corrected chi connectivity index (χ1v) is 11.3. The molecule has 1 aromatic rings. The smallest absolute Gasteiger partial charge is 0.272 e. The van der Waals surface area contributed by atoms with E-state index in [4.69, 9.17) is 0 Å². The van der Waals surface area contributed by atoms with E-state index >= 15 is 0 Å². The molecule has 0 spiro atoms. The van der Waals surface area contributed by atoms with E-state index in [1.165, 1.54) is 38.5 Å². The topological polar surface area (TPSA) is 53.5 Å². The molecule has 28 heavy (non-hydrogen) atoms. The van der Waals surface area contributed by atoms with Gasteiger partial charge in [-0.25, -0.2) is 0 Å². The van der Waals surface area contributed by atoms with Gasteiger partial charge in [0, 0.05) is 36.9 Å². The first-order chi connectivity index (χ1) is 13.7. The summed E-state index contributed by atoms with van der Waals surface area (Å²) in [5, 5.41) is 0. The highest BCUT2D eigenvalue weighted by Gasteiger charge is 2.39. The largest absolute Gasteiger partial charge is 0.335 e. The second kappa shape index (κ2) is 7.49. The molecule has 0 bridgehead atoms. The molecule has 0 N–H and O–H groups in total. The van der Waals surface area contributed by atoms with Crippen LogP contribution in [0, 0.1) is 11.8 Å². The number of hydrogen-bond donors (Lipinski definition) is 0. The Hall–Kier alpha value is -1.91. The molecular formula is C23H31N3O2. The monoisotopic (exact) mass is 381 g/mol. The molecule has 4 aliphatic rings. The maximum atomic E-state index is 13.2. The average Bonchev–Trinajstić information content (AvgIpc) is 3.41. The van der Waals surface area contributed by atoms with E-state index in [1.54, 1.807) is 18.3 Å². The van der Waals surface area contributed by atoms with Gasteiger partial charge in [-0.1, -0.05) is 12.8 Å². The molecular weight excluding hydrogens is 350 g/mol. The summed E-state index contributed by atoms with van der Waals surface area (Å²) in [7, 11) is 0. The Balaban J connectivity index is 1.36. The second-order valence-corrected chi connectivity index (χ2v) is 9.23. The van der Waals surface area contributed by atoms with E-state index in [-0.39, 0.29) is 11.8 Å². The number of fused-ring (bicyclic) bond motifs is 2. The average molecular weight is 382 g/mol. The molecule has 0 radical (unpaired) electrons. The molecule has 150 valence electrons. The number of piperidine rings is 2. The van der Waals surface area contributed by atoms with Gasteiger partial charge < -0.3 is 9.80 Å². The fourth-order valence-electron chi connectivity index (χ4n) is 6.41. The third-order valence-electron chi connectivity index (χ3n) is 7.73. The summed E-state index contributed by atoms with van der Waals surface area (Å²) in [4.78, 5) is 35.0. The number of carbonyl (C=O) groups is 2. The SMILES string of the molecule is O=C(c1ccnc(C(=O)N2CCCC3CCCC32)c1)N1CCCC2CCCC21. The summed E-state index contributed by atoms with van der Waals surface area (Å²) in [6.07, 6.45) is 13.5. The van der Waals surface area contributed by atoms with Crippen LogP contribution in [0.25, 0.3) is 0 Å². The molecule has 1 aromatic heterocycles. The van der Waals surface area contributed by atoms with Gasteiger partial charge in [0.25, 0.3) is 11.8 Å². The molecule has 5 nitrogen and oxygen atoms in total. The Morgan fingerprint density at radius 1 is 0.786 bits per heavy atom. The molecule has 5 heteroatoms. The van der Waals surface area contributed by atoms with Crippen molar-refractivity contribution < 1.29 is 9.59 Å². The van der Waals surface area contributed by atoms with Crippen molar-refractivity contribution >= 4 is 11.8 Å². The van der Waals surface area contributed by atoms with Gasteiger partial charge in [0.2, 0.25) is 0 Å². The van der Waals surface area contributed by atoms with Crippen LogP contribution in [0.15, 0.2) is 18.3 Å². The number of likely N-dealkylation sites (tertiary alicyclic amines) is 2. The normalized spacial score (nSPS) is 32.1. The van der Waals surface area contributed by atoms with E-state index in [0.717, 1.165) is 38.8 Å². The summed E-state index contributed by atoms with van der Waals surface area (Å²) in [6.45, 7) is 1.68. The highest BCUT2D eigenvalue weighted by Crippen LogP contribution is 2.38. The van der Waals surface area contributed by atoms with Crippen molar-refractivity contribution in [3.05, 3.63) is 29.6 Å². The third-order valence-corrected chi connectivity index (χ3v) is 7.73. The van der Waals surface area contributed by atoms with Gasteiger partial charge in [-0.3, -0.25) is 14.6 Å². The predicted molar refractivity (Wildman–Crippen MR) is 107 cm³/mol. The van der Waals surface area contributed by atoms with E-state index < -0.39 is 0 Å². The Morgan fingerprint density at radius 3 is 2.00 bits per heavy atom. The van der Waals surface area contributed by atoms with Crippen LogP contribution in [0.4, 0.5) is 0 Å². The molecule has 3 heterocycles. The molecule has 5 rings (SSSR count). The maximum Gasteiger partial charge on any atom is 0.272 e. The lowest BCUT2D eigenvalue weighted by atomic mass is 9.91. The minimum absolute atomic E-state index is 0.0173. The number of amides is 2. The number of nitrogens with zero attached hydrogens (tertiary/aromatic N) is 3. The van der Waals surface area contributed by atoms with Crippen molar-refractivity contribution in [2.45, 2.75) is 76.3 Å². The fraction of sp³-hybridized carbons (Fsp3) is 0.696. The molecule has 4 atom stereocenters. The van der Waals surface area contributed by atoms with Crippen molar-refractivity contribution in [1.82, 2.24) is 14.8 Å². The van der Waals surface area contributed by atoms with Gasteiger partial charge in [-0.2, -0.15) is 0 Å². The fourth-order valence-corrected chi connectivity index (χ4v) is 6.41. The Morgan fingerprint density at radius 2 is 1.36 bits per heavy atom. The first-order valence-electron chi connectivity index (χ1n) is 11.3. The predicted octanol–water partition coefficient (Wildman–Crippen LogP) is 3.89. The van der Waals surface area contributed by atoms with Gasteiger partial charge in [-0.15, -0.1) is 0 Å². The summed E-state index contributed by atoms with van der Waals surface area (Å²) in [6, 6.07) is 4.31. The number of hydrogen-bond acceptors (Lipinski definition) is 3. The van der Waals surface area contributed by atoms with Crippen molar-refractivity contribution in [3.63, 3.8) is 0 Å². The van der Waals surface area contributed by atoms with Gasteiger partial charge in [0.1, 0.15) is 5.69 Å². The molecule has 4 fully saturated rings. The van der Waals surface area contributed by atoms with Gasteiger partial charge in [0.05, 0.1) is 0 Å². The van der Waals surface area contributed by atoms with Crippen LogP contribution in [0.5, 0.6) is 0 Å². The van der Waals surface area contributed by atoms with E-state index in [9.17, 15) is 9.59 Å². The van der Waals surface area contributed by atoms with E-state index in [0.29, 0.717) is 35.2 Å². The standard InChI is InChI=1S/C23H31N3O2/c27-22(25-13-3-7-16-5-1-9-20(16)25)18-11-12-24-19(15-18)23(28)26-14-4-8-17-6-2-10-21(17)26/h11-12,15-17,20-21H,1-10,13-14H2. The van der Waals surface area contributed by atoms with Crippen LogP contribution in [0.3, 0.4) is 0 Å². The molecule has 2 aliphatic heterocycles. The van der Waals surface area contributed by atoms with Gasteiger partial charge >= 0.3 is 0 Å². The molecule has 2 aliphatic carbocycles. The zero-order chi connectivity index (χ0) is 19.1. The highest BCUT2D eigenvalue weighted by atomic mass is 16.2. The Labute approximate surface area is 167 Å². The van der Waals surface area contributed by atoms with Crippen LogP contribution in [-0.2, 0) is 0 Å². The van der Waals surface area contributed by atoms with E-state index in [1.807, 2.05) is 4.90 Å². The maximum absolute atomic E-state index is 13.2. The number of pyridine rings is 1. The summed E-state index contributed by atoms with van der Waals surface area (Å²) >= 11 is 0. The lowest BCUT2D eigenvalue weighted by Gasteiger charge is -2.38. The van der Waals surface area contributed by atoms with E-state index in [2.05, 4.69) is 9.88 Å². The van der Waals surface area contributed by atoms with Crippen LogP contribution >= 0.6 is 0 Å². The lowest BCUT2D eigenvalue weighted by Crippen LogP contribution is -2.47. The van der Waals surface area contributed by atoms with Crippen LogP contribution in [0.2, 0.25) is 0 Å². The van der Waals surface area contributed by atoms with Crippen LogP contribution in [-0.4, -0.2) is 51.8 Å². The zero-order valence-corrected chi connectivity index (χ0v) is 16.7. The number of aromatic nitrogens is 1. The van der Waals surface area contributed by atoms with Crippen LogP contribution in [0.1, 0.15) is 85.1 Å². The summed E-state index contributed by atoms with van der Waals surface area (Å²) in [5.74, 6) is 1.44. The molecule has 2 amide bonds. The first kappa shape index (κ1) is 18.1. The molecule has 0 aromatic carbocycles. The lowest BCUT2D eigenvalue weighted by molar-refractivity contribution is 0.0540. The Bertz CT molecular complexity index is 705. The zero-order valence-electron chi connectivity index (χ0n) is 16.7. The molecule has 4 unspecified atom stereocenters.